The zero-order valence-electron chi connectivity index (χ0n) is 10.7. The highest BCUT2D eigenvalue weighted by atomic mass is 79.9. The molecule has 20 heavy (non-hydrogen) atoms. The zero-order valence-corrected chi connectivity index (χ0v) is 14.8. The Bertz CT molecular complexity index is 694. The number of thiazole rings is 1. The van der Waals surface area contributed by atoms with Crippen molar-refractivity contribution in [1.29, 1.82) is 0 Å². The maximum absolute atomic E-state index is 12.2. The van der Waals surface area contributed by atoms with Crippen molar-refractivity contribution in [1.82, 2.24) is 9.71 Å². The van der Waals surface area contributed by atoms with Gasteiger partial charge in [0.25, 0.3) is 0 Å². The molecule has 0 aliphatic carbocycles. The van der Waals surface area contributed by atoms with Crippen molar-refractivity contribution < 1.29 is 8.42 Å². The van der Waals surface area contributed by atoms with Crippen LogP contribution in [0.5, 0.6) is 0 Å². The van der Waals surface area contributed by atoms with E-state index in [4.69, 9.17) is 5.73 Å². The molecule has 0 aromatic carbocycles. The molecule has 3 N–H and O–H groups in total. The third kappa shape index (κ3) is 3.66. The molecule has 0 fully saturated rings. The van der Waals surface area contributed by atoms with Crippen LogP contribution in [-0.2, 0) is 29.5 Å². The van der Waals surface area contributed by atoms with Gasteiger partial charge in [-0.2, -0.15) is 0 Å². The molecule has 0 spiro atoms. The number of nitrogens with zero attached hydrogens (tertiary/aromatic N) is 1. The van der Waals surface area contributed by atoms with Crippen molar-refractivity contribution in [3.8, 4) is 0 Å². The molecule has 5 nitrogen and oxygen atoms in total. The highest BCUT2D eigenvalue weighted by Gasteiger charge is 2.20. The Morgan fingerprint density at radius 3 is 2.70 bits per heavy atom. The Kier molecular flexibility index (Phi) is 5.32. The number of nitrogens with one attached hydrogen (secondary N) is 1. The van der Waals surface area contributed by atoms with E-state index in [1.54, 1.807) is 12.3 Å². The molecule has 9 heteroatoms. The zero-order chi connectivity index (χ0) is 14.8. The van der Waals surface area contributed by atoms with Gasteiger partial charge in [-0.3, -0.25) is 0 Å². The molecule has 2 aromatic rings. The summed E-state index contributed by atoms with van der Waals surface area (Å²) < 4.78 is 27.6. The summed E-state index contributed by atoms with van der Waals surface area (Å²) >= 11 is 6.11. The molecule has 0 aliphatic heterocycles. The molecular weight excluding hydrogens is 382 g/mol. The second-order valence-corrected chi connectivity index (χ2v) is 9.34. The van der Waals surface area contributed by atoms with Gasteiger partial charge in [0.15, 0.2) is 0 Å². The van der Waals surface area contributed by atoms with Crippen LogP contribution in [-0.4, -0.2) is 13.4 Å². The third-order valence-electron chi connectivity index (χ3n) is 2.56. The molecule has 2 rings (SSSR count). The number of halogens is 1. The maximum Gasteiger partial charge on any atom is 0.242 e. The number of sulfonamides is 1. The van der Waals surface area contributed by atoms with Gasteiger partial charge in [-0.25, -0.2) is 18.1 Å². The monoisotopic (exact) mass is 395 g/mol. The lowest BCUT2D eigenvalue weighted by Gasteiger charge is -2.03. The SMILES string of the molecule is CCc1cnc(CNS(=O)(=O)c2cc(CN)sc2Br)s1. The van der Waals surface area contributed by atoms with Gasteiger partial charge in [-0.05, 0) is 28.4 Å². The first-order chi connectivity index (χ1) is 9.46. The normalized spacial score (nSPS) is 11.9. The van der Waals surface area contributed by atoms with E-state index in [-0.39, 0.29) is 11.4 Å². The number of aromatic nitrogens is 1. The van der Waals surface area contributed by atoms with E-state index in [0.717, 1.165) is 21.2 Å². The van der Waals surface area contributed by atoms with Crippen LogP contribution >= 0.6 is 38.6 Å². The summed E-state index contributed by atoms with van der Waals surface area (Å²) in [6.45, 7) is 2.57. The van der Waals surface area contributed by atoms with Gasteiger partial charge in [0, 0.05) is 22.5 Å². The fraction of sp³-hybridized carbons (Fsp3) is 0.364. The molecule has 2 heterocycles. The fourth-order valence-corrected chi connectivity index (χ4v) is 5.95. The first-order valence-electron chi connectivity index (χ1n) is 5.87. The Balaban J connectivity index is 2.12. The maximum atomic E-state index is 12.2. The Morgan fingerprint density at radius 1 is 1.40 bits per heavy atom. The van der Waals surface area contributed by atoms with E-state index in [0.29, 0.717) is 10.3 Å². The van der Waals surface area contributed by atoms with Gasteiger partial charge in [0.1, 0.15) is 9.90 Å². The van der Waals surface area contributed by atoms with Gasteiger partial charge < -0.3 is 5.73 Å². The van der Waals surface area contributed by atoms with Crippen LogP contribution in [0.1, 0.15) is 21.7 Å². The van der Waals surface area contributed by atoms with Crippen LogP contribution in [0, 0.1) is 0 Å². The van der Waals surface area contributed by atoms with E-state index >= 15 is 0 Å². The molecule has 0 atom stereocenters. The fourth-order valence-electron chi connectivity index (χ4n) is 1.51. The molecular formula is C11H14BrN3O2S3. The smallest absolute Gasteiger partial charge is 0.242 e. The van der Waals surface area contributed by atoms with Crippen molar-refractivity contribution in [3.05, 3.63) is 30.8 Å². The van der Waals surface area contributed by atoms with Crippen LogP contribution in [0.15, 0.2) is 20.9 Å². The Labute approximate surface area is 134 Å². The van der Waals surface area contributed by atoms with Crippen LogP contribution in [0.4, 0.5) is 0 Å². The van der Waals surface area contributed by atoms with Crippen molar-refractivity contribution >= 4 is 48.6 Å². The Morgan fingerprint density at radius 2 is 2.15 bits per heavy atom. The number of rotatable bonds is 6. The van der Waals surface area contributed by atoms with Crippen LogP contribution in [0.2, 0.25) is 0 Å². The van der Waals surface area contributed by atoms with Crippen molar-refractivity contribution in [3.63, 3.8) is 0 Å². The second-order valence-electron chi connectivity index (χ2n) is 3.95. The summed E-state index contributed by atoms with van der Waals surface area (Å²) in [5.74, 6) is 0. The predicted molar refractivity (Wildman–Crippen MR) is 85.4 cm³/mol. The van der Waals surface area contributed by atoms with Gasteiger partial charge in [-0.15, -0.1) is 22.7 Å². The van der Waals surface area contributed by atoms with Gasteiger partial charge in [0.2, 0.25) is 10.0 Å². The highest BCUT2D eigenvalue weighted by Crippen LogP contribution is 2.31. The lowest BCUT2D eigenvalue weighted by atomic mass is 10.4. The van der Waals surface area contributed by atoms with Crippen molar-refractivity contribution in [2.24, 2.45) is 5.73 Å². The minimum absolute atomic E-state index is 0.202. The van der Waals surface area contributed by atoms with E-state index in [1.165, 1.54) is 22.7 Å². The summed E-state index contributed by atoms with van der Waals surface area (Å²) in [6, 6.07) is 1.59. The number of aryl methyl sites for hydroxylation is 1. The van der Waals surface area contributed by atoms with Gasteiger partial charge in [0.05, 0.1) is 10.3 Å². The highest BCUT2D eigenvalue weighted by molar-refractivity contribution is 9.11. The minimum atomic E-state index is -3.55. The summed E-state index contributed by atoms with van der Waals surface area (Å²) in [4.78, 5) is 6.38. The first kappa shape index (κ1) is 16.1. The summed E-state index contributed by atoms with van der Waals surface area (Å²) in [7, 11) is -3.55. The molecule has 2 aromatic heterocycles. The summed E-state index contributed by atoms with van der Waals surface area (Å²) in [6.07, 6.45) is 2.68. The summed E-state index contributed by atoms with van der Waals surface area (Å²) in [5, 5.41) is 0.760. The quantitative estimate of drug-likeness (QED) is 0.786. The largest absolute Gasteiger partial charge is 0.326 e. The average molecular weight is 396 g/mol. The molecule has 0 bridgehead atoms. The van der Waals surface area contributed by atoms with Gasteiger partial charge >= 0.3 is 0 Å². The topological polar surface area (TPSA) is 85.1 Å². The van der Waals surface area contributed by atoms with Crippen LogP contribution < -0.4 is 10.5 Å². The third-order valence-corrected chi connectivity index (χ3v) is 7.38. The average Bonchev–Trinajstić information content (AvgIpc) is 3.02. The molecule has 0 amide bonds. The lowest BCUT2D eigenvalue weighted by molar-refractivity contribution is 0.581. The predicted octanol–water partition coefficient (Wildman–Crippen LogP) is 2.47. The molecule has 110 valence electrons. The molecule has 0 saturated carbocycles. The standard InChI is InChI=1S/C11H14BrN3O2S3/c1-2-7-5-14-10(18-7)6-15-20(16,17)9-3-8(4-13)19-11(9)12/h3,5,15H,2,4,6,13H2,1H3. The molecule has 0 saturated heterocycles. The van der Waals surface area contributed by atoms with E-state index in [2.05, 4.69) is 25.6 Å². The molecule has 0 radical (unpaired) electrons. The second kappa shape index (κ2) is 6.63. The summed E-state index contributed by atoms with van der Waals surface area (Å²) in [5.41, 5.74) is 5.52. The number of hydrogen-bond acceptors (Lipinski definition) is 6. The van der Waals surface area contributed by atoms with Crippen molar-refractivity contribution in [2.75, 3.05) is 0 Å². The van der Waals surface area contributed by atoms with Crippen LogP contribution in [0.3, 0.4) is 0 Å². The van der Waals surface area contributed by atoms with E-state index < -0.39 is 10.0 Å². The van der Waals surface area contributed by atoms with E-state index in [9.17, 15) is 8.42 Å². The number of hydrogen-bond donors (Lipinski definition) is 2. The van der Waals surface area contributed by atoms with E-state index in [1.807, 2.05) is 6.92 Å². The Hall–Kier alpha value is -0.320. The number of thiophene rings is 1. The van der Waals surface area contributed by atoms with Crippen LogP contribution in [0.25, 0.3) is 0 Å². The number of nitrogens with two attached hydrogens (primary N) is 1. The molecule has 0 aliphatic rings. The molecule has 0 unspecified atom stereocenters. The first-order valence-corrected chi connectivity index (χ1v) is 9.78. The lowest BCUT2D eigenvalue weighted by Crippen LogP contribution is -2.23. The minimum Gasteiger partial charge on any atom is -0.326 e. The van der Waals surface area contributed by atoms with Gasteiger partial charge in [-0.1, -0.05) is 6.92 Å². The van der Waals surface area contributed by atoms with Crippen molar-refractivity contribution in [2.45, 2.75) is 31.3 Å².